The van der Waals surface area contributed by atoms with Crippen LogP contribution in [0.2, 0.25) is 0 Å². The zero-order valence-electron chi connectivity index (χ0n) is 14.2. The van der Waals surface area contributed by atoms with Crippen LogP contribution >= 0.6 is 22.9 Å². The van der Waals surface area contributed by atoms with E-state index < -0.39 is 0 Å². The standard InChI is InChI=1S/C19H18ClN3O2S/c1-12-22-17(11-26-12)19(25)23-16(10-21-18(24)9-20)15-7-6-13-4-2-3-5-14(13)8-15/h2-8,11,16H,9-10H2,1H3,(H,21,24)(H,23,25). The van der Waals surface area contributed by atoms with Gasteiger partial charge < -0.3 is 10.6 Å². The lowest BCUT2D eigenvalue weighted by Gasteiger charge is -2.20. The van der Waals surface area contributed by atoms with Gasteiger partial charge in [-0.2, -0.15) is 0 Å². The van der Waals surface area contributed by atoms with Gasteiger partial charge in [0.2, 0.25) is 5.91 Å². The quantitative estimate of drug-likeness (QED) is 0.636. The van der Waals surface area contributed by atoms with E-state index in [2.05, 4.69) is 15.6 Å². The number of hydrogen-bond acceptors (Lipinski definition) is 4. The summed E-state index contributed by atoms with van der Waals surface area (Å²) in [6, 6.07) is 13.6. The molecule has 0 aliphatic heterocycles. The number of halogens is 1. The van der Waals surface area contributed by atoms with Crippen LogP contribution in [0.1, 0.15) is 27.1 Å². The van der Waals surface area contributed by atoms with E-state index in [1.54, 1.807) is 5.38 Å². The summed E-state index contributed by atoms with van der Waals surface area (Å²) in [5.74, 6) is -0.673. The van der Waals surface area contributed by atoms with Crippen molar-refractivity contribution < 1.29 is 9.59 Å². The number of carbonyl (C=O) groups excluding carboxylic acids is 2. The number of alkyl halides is 1. The van der Waals surface area contributed by atoms with Crippen molar-refractivity contribution in [2.45, 2.75) is 13.0 Å². The minimum atomic E-state index is -0.388. The third-order valence-corrected chi connectivity index (χ3v) is 4.97. The maximum absolute atomic E-state index is 12.5. The van der Waals surface area contributed by atoms with Gasteiger partial charge in [0, 0.05) is 11.9 Å². The van der Waals surface area contributed by atoms with Gasteiger partial charge in [0.15, 0.2) is 0 Å². The van der Waals surface area contributed by atoms with Crippen LogP contribution in [0.5, 0.6) is 0 Å². The van der Waals surface area contributed by atoms with E-state index in [9.17, 15) is 9.59 Å². The van der Waals surface area contributed by atoms with Gasteiger partial charge in [0.25, 0.3) is 5.91 Å². The smallest absolute Gasteiger partial charge is 0.271 e. The minimum Gasteiger partial charge on any atom is -0.353 e. The van der Waals surface area contributed by atoms with Gasteiger partial charge in [-0.25, -0.2) is 4.98 Å². The van der Waals surface area contributed by atoms with E-state index in [4.69, 9.17) is 11.6 Å². The number of aromatic nitrogens is 1. The zero-order valence-corrected chi connectivity index (χ0v) is 15.7. The van der Waals surface area contributed by atoms with Crippen LogP contribution in [0, 0.1) is 6.92 Å². The van der Waals surface area contributed by atoms with Gasteiger partial charge in [0.1, 0.15) is 11.6 Å². The second-order valence-electron chi connectivity index (χ2n) is 5.82. The fourth-order valence-corrected chi connectivity index (χ4v) is 3.33. The number of carbonyl (C=O) groups is 2. The molecule has 2 aromatic carbocycles. The number of fused-ring (bicyclic) bond motifs is 1. The van der Waals surface area contributed by atoms with Crippen molar-refractivity contribution in [2.24, 2.45) is 0 Å². The van der Waals surface area contributed by atoms with Crippen molar-refractivity contribution >= 4 is 45.5 Å². The van der Waals surface area contributed by atoms with Crippen molar-refractivity contribution in [2.75, 3.05) is 12.4 Å². The van der Waals surface area contributed by atoms with Gasteiger partial charge in [0.05, 0.1) is 11.0 Å². The molecule has 0 aliphatic rings. The van der Waals surface area contributed by atoms with Gasteiger partial charge >= 0.3 is 0 Å². The Morgan fingerprint density at radius 1 is 1.19 bits per heavy atom. The Kier molecular flexibility index (Phi) is 5.85. The van der Waals surface area contributed by atoms with E-state index in [1.807, 2.05) is 49.4 Å². The maximum atomic E-state index is 12.5. The van der Waals surface area contributed by atoms with Crippen molar-refractivity contribution in [3.63, 3.8) is 0 Å². The van der Waals surface area contributed by atoms with Crippen LogP contribution in [0.3, 0.4) is 0 Å². The number of rotatable bonds is 6. The van der Waals surface area contributed by atoms with E-state index in [0.717, 1.165) is 21.3 Å². The average Bonchev–Trinajstić information content (AvgIpc) is 3.10. The lowest BCUT2D eigenvalue weighted by atomic mass is 10.0. The third kappa shape index (κ3) is 4.39. The Balaban J connectivity index is 1.85. The summed E-state index contributed by atoms with van der Waals surface area (Å²) in [5.41, 5.74) is 1.28. The summed E-state index contributed by atoms with van der Waals surface area (Å²) >= 11 is 6.98. The van der Waals surface area contributed by atoms with Crippen LogP contribution in [0.4, 0.5) is 0 Å². The molecular weight excluding hydrogens is 370 g/mol. The molecule has 1 unspecified atom stereocenters. The molecule has 0 aliphatic carbocycles. The van der Waals surface area contributed by atoms with E-state index in [1.165, 1.54) is 11.3 Å². The summed E-state index contributed by atoms with van der Waals surface area (Å²) in [5, 5.41) is 10.4. The summed E-state index contributed by atoms with van der Waals surface area (Å²) < 4.78 is 0. The fraction of sp³-hybridized carbons (Fsp3) is 0.211. The van der Waals surface area contributed by atoms with Gasteiger partial charge in [-0.05, 0) is 29.3 Å². The predicted molar refractivity (Wildman–Crippen MR) is 105 cm³/mol. The molecule has 0 saturated heterocycles. The number of thiazole rings is 1. The zero-order chi connectivity index (χ0) is 18.5. The highest BCUT2D eigenvalue weighted by molar-refractivity contribution is 7.09. The molecule has 1 atom stereocenters. The molecule has 134 valence electrons. The van der Waals surface area contributed by atoms with Gasteiger partial charge in [-0.3, -0.25) is 9.59 Å². The lowest BCUT2D eigenvalue weighted by molar-refractivity contribution is -0.118. The van der Waals surface area contributed by atoms with Gasteiger partial charge in [-0.15, -0.1) is 22.9 Å². The molecule has 26 heavy (non-hydrogen) atoms. The van der Waals surface area contributed by atoms with Crippen LogP contribution in [0.25, 0.3) is 10.8 Å². The van der Waals surface area contributed by atoms with Crippen LogP contribution in [-0.4, -0.2) is 29.2 Å². The maximum Gasteiger partial charge on any atom is 0.271 e. The summed E-state index contributed by atoms with van der Waals surface area (Å²) in [4.78, 5) is 28.3. The van der Waals surface area contributed by atoms with E-state index >= 15 is 0 Å². The highest BCUT2D eigenvalue weighted by Gasteiger charge is 2.18. The molecule has 3 rings (SSSR count). The highest BCUT2D eigenvalue weighted by Crippen LogP contribution is 2.21. The number of benzene rings is 2. The topological polar surface area (TPSA) is 71.1 Å². The molecular formula is C19H18ClN3O2S. The normalized spacial score (nSPS) is 11.9. The Bertz CT molecular complexity index is 941. The monoisotopic (exact) mass is 387 g/mol. The molecule has 3 aromatic rings. The number of aryl methyl sites for hydroxylation is 1. The number of nitrogens with one attached hydrogen (secondary N) is 2. The predicted octanol–water partition coefficient (Wildman–Crippen LogP) is 3.43. The van der Waals surface area contributed by atoms with E-state index in [-0.39, 0.29) is 30.3 Å². The molecule has 7 heteroatoms. The van der Waals surface area contributed by atoms with Crippen molar-refractivity contribution in [3.05, 3.63) is 64.1 Å². The molecule has 2 amide bonds. The van der Waals surface area contributed by atoms with E-state index in [0.29, 0.717) is 5.69 Å². The summed E-state index contributed by atoms with van der Waals surface area (Å²) in [6.07, 6.45) is 0. The van der Waals surface area contributed by atoms with Crippen LogP contribution in [-0.2, 0) is 4.79 Å². The Morgan fingerprint density at radius 2 is 1.96 bits per heavy atom. The third-order valence-electron chi connectivity index (χ3n) is 3.96. The average molecular weight is 388 g/mol. The first-order chi connectivity index (χ1) is 12.6. The molecule has 0 fully saturated rings. The van der Waals surface area contributed by atoms with Crippen molar-refractivity contribution in [3.8, 4) is 0 Å². The molecule has 1 aromatic heterocycles. The molecule has 5 nitrogen and oxygen atoms in total. The molecule has 0 spiro atoms. The molecule has 0 radical (unpaired) electrons. The minimum absolute atomic E-state index is 0.121. The first kappa shape index (κ1) is 18.4. The van der Waals surface area contributed by atoms with Crippen LogP contribution in [0.15, 0.2) is 47.8 Å². The molecule has 1 heterocycles. The second kappa shape index (κ2) is 8.29. The number of amides is 2. The molecule has 0 bridgehead atoms. The summed E-state index contributed by atoms with van der Waals surface area (Å²) in [6.45, 7) is 2.10. The SMILES string of the molecule is Cc1nc(C(=O)NC(CNC(=O)CCl)c2ccc3ccccc3c2)cs1. The fourth-order valence-electron chi connectivity index (χ4n) is 2.64. The molecule has 0 saturated carbocycles. The van der Waals surface area contributed by atoms with Crippen LogP contribution < -0.4 is 10.6 Å². The molecule has 2 N–H and O–H groups in total. The lowest BCUT2D eigenvalue weighted by Crippen LogP contribution is -2.38. The van der Waals surface area contributed by atoms with Gasteiger partial charge in [-0.1, -0.05) is 36.4 Å². The van der Waals surface area contributed by atoms with Crippen molar-refractivity contribution in [1.29, 1.82) is 0 Å². The first-order valence-corrected chi connectivity index (χ1v) is 9.52. The Morgan fingerprint density at radius 3 is 2.65 bits per heavy atom. The second-order valence-corrected chi connectivity index (χ2v) is 7.15. The highest BCUT2D eigenvalue weighted by atomic mass is 35.5. The van der Waals surface area contributed by atoms with Crippen molar-refractivity contribution in [1.82, 2.24) is 15.6 Å². The Hall–Kier alpha value is -2.44. The number of hydrogen-bond donors (Lipinski definition) is 2. The first-order valence-electron chi connectivity index (χ1n) is 8.11. The summed E-state index contributed by atoms with van der Waals surface area (Å²) in [7, 11) is 0. The largest absolute Gasteiger partial charge is 0.353 e. The number of nitrogens with zero attached hydrogens (tertiary/aromatic N) is 1. The Labute approximate surface area is 160 Å².